The summed E-state index contributed by atoms with van der Waals surface area (Å²) in [4.78, 5) is 2.06. The maximum Gasteiger partial charge on any atom is 0.0527 e. The normalized spacial score (nSPS) is 9.77. The Bertz CT molecular complexity index is 289. The minimum Gasteiger partial charge on any atom is -0.369 e. The predicted octanol–water partition coefficient (Wildman–Crippen LogP) is 3.18. The topological polar surface area (TPSA) is 3.24 Å². The third-order valence-electron chi connectivity index (χ3n) is 1.88. The zero-order valence-corrected chi connectivity index (χ0v) is 8.80. The van der Waals surface area contributed by atoms with E-state index < -0.39 is 0 Å². The first-order valence-corrected chi connectivity index (χ1v) is 4.58. The van der Waals surface area contributed by atoms with Gasteiger partial charge in [-0.05, 0) is 19.1 Å². The van der Waals surface area contributed by atoms with E-state index in [0.717, 1.165) is 5.69 Å². The highest BCUT2D eigenvalue weighted by Crippen LogP contribution is 2.14. The van der Waals surface area contributed by atoms with Crippen LogP contribution >= 0.6 is 11.6 Å². The van der Waals surface area contributed by atoms with Gasteiger partial charge in [0.15, 0.2) is 0 Å². The molecule has 1 rings (SSSR count). The fraction of sp³-hybridized carbons (Fsp3) is 0.273. The molecule has 0 amide bonds. The van der Waals surface area contributed by atoms with E-state index in [-0.39, 0.29) is 0 Å². The molecule has 0 atom stereocenters. The Morgan fingerprint density at radius 1 is 1.38 bits per heavy atom. The van der Waals surface area contributed by atoms with Crippen molar-refractivity contribution in [2.45, 2.75) is 6.92 Å². The highest BCUT2D eigenvalue weighted by molar-refractivity contribution is 6.29. The molecule has 1 aromatic carbocycles. The number of benzene rings is 1. The SMILES string of the molecule is C=C(Cl)CN(C)c1ccc(C)cc1. The molecule has 0 N–H and O–H groups in total. The lowest BCUT2D eigenvalue weighted by Crippen LogP contribution is -2.18. The third kappa shape index (κ3) is 3.11. The number of anilines is 1. The average molecular weight is 196 g/mol. The summed E-state index contributed by atoms with van der Waals surface area (Å²) in [6, 6.07) is 8.33. The molecule has 0 radical (unpaired) electrons. The molecule has 13 heavy (non-hydrogen) atoms. The number of likely N-dealkylation sites (N-methyl/N-ethyl adjacent to an activating group) is 1. The van der Waals surface area contributed by atoms with Crippen LogP contribution in [0.4, 0.5) is 5.69 Å². The summed E-state index contributed by atoms with van der Waals surface area (Å²) in [5, 5.41) is 0.656. The Kier molecular flexibility index (Phi) is 3.38. The summed E-state index contributed by atoms with van der Waals surface area (Å²) >= 11 is 5.72. The van der Waals surface area contributed by atoms with Crippen LogP contribution in [0.5, 0.6) is 0 Å². The van der Waals surface area contributed by atoms with Crippen LogP contribution in [0.3, 0.4) is 0 Å². The monoisotopic (exact) mass is 195 g/mol. The van der Waals surface area contributed by atoms with Crippen LogP contribution in [0.1, 0.15) is 5.56 Å². The number of aryl methyl sites for hydroxylation is 1. The molecule has 0 aliphatic heterocycles. The summed E-state index contributed by atoms with van der Waals surface area (Å²) in [6.45, 7) is 6.42. The highest BCUT2D eigenvalue weighted by atomic mass is 35.5. The first-order valence-electron chi connectivity index (χ1n) is 4.20. The van der Waals surface area contributed by atoms with Crippen molar-refractivity contribution in [1.29, 1.82) is 0 Å². The fourth-order valence-corrected chi connectivity index (χ4v) is 1.33. The van der Waals surface area contributed by atoms with Gasteiger partial charge in [0.2, 0.25) is 0 Å². The van der Waals surface area contributed by atoms with Crippen molar-refractivity contribution in [2.24, 2.45) is 0 Å². The van der Waals surface area contributed by atoms with E-state index in [1.165, 1.54) is 5.56 Å². The van der Waals surface area contributed by atoms with Crippen molar-refractivity contribution >= 4 is 17.3 Å². The Balaban J connectivity index is 2.71. The molecule has 0 fully saturated rings. The van der Waals surface area contributed by atoms with Crippen LogP contribution in [0, 0.1) is 6.92 Å². The van der Waals surface area contributed by atoms with Crippen molar-refractivity contribution in [1.82, 2.24) is 0 Å². The van der Waals surface area contributed by atoms with Gasteiger partial charge < -0.3 is 4.90 Å². The largest absolute Gasteiger partial charge is 0.369 e. The van der Waals surface area contributed by atoms with Gasteiger partial charge in [0, 0.05) is 17.8 Å². The number of halogens is 1. The second kappa shape index (κ2) is 4.33. The van der Waals surface area contributed by atoms with Gasteiger partial charge in [0.1, 0.15) is 0 Å². The summed E-state index contributed by atoms with van der Waals surface area (Å²) in [5.41, 5.74) is 2.43. The highest BCUT2D eigenvalue weighted by Gasteiger charge is 1.99. The van der Waals surface area contributed by atoms with Gasteiger partial charge in [-0.2, -0.15) is 0 Å². The Hall–Kier alpha value is -0.950. The molecular weight excluding hydrogens is 182 g/mol. The predicted molar refractivity (Wildman–Crippen MR) is 59.4 cm³/mol. The molecule has 1 aromatic rings. The molecule has 0 aromatic heterocycles. The van der Waals surface area contributed by atoms with Crippen molar-refractivity contribution in [3.05, 3.63) is 41.4 Å². The summed E-state index contributed by atoms with van der Waals surface area (Å²) in [6.07, 6.45) is 0. The Morgan fingerprint density at radius 3 is 2.38 bits per heavy atom. The molecule has 2 heteroatoms. The molecule has 0 aliphatic carbocycles. The summed E-state index contributed by atoms with van der Waals surface area (Å²) < 4.78 is 0. The first-order chi connectivity index (χ1) is 6.09. The summed E-state index contributed by atoms with van der Waals surface area (Å²) in [5.74, 6) is 0. The maximum absolute atomic E-state index is 5.72. The lowest BCUT2D eigenvalue weighted by atomic mass is 10.2. The molecular formula is C11H14ClN. The van der Waals surface area contributed by atoms with Gasteiger partial charge in [0.05, 0.1) is 6.54 Å². The quantitative estimate of drug-likeness (QED) is 0.716. The molecule has 70 valence electrons. The van der Waals surface area contributed by atoms with Gasteiger partial charge in [0.25, 0.3) is 0 Å². The van der Waals surface area contributed by atoms with Crippen molar-refractivity contribution in [2.75, 3.05) is 18.5 Å². The molecule has 0 bridgehead atoms. The zero-order valence-electron chi connectivity index (χ0n) is 8.05. The number of hydrogen-bond donors (Lipinski definition) is 0. The van der Waals surface area contributed by atoms with E-state index >= 15 is 0 Å². The van der Waals surface area contributed by atoms with Gasteiger partial charge in [-0.25, -0.2) is 0 Å². The van der Waals surface area contributed by atoms with Gasteiger partial charge >= 0.3 is 0 Å². The van der Waals surface area contributed by atoms with Crippen molar-refractivity contribution in [3.63, 3.8) is 0 Å². The second-order valence-electron chi connectivity index (χ2n) is 3.21. The molecule has 0 aliphatic rings. The lowest BCUT2D eigenvalue weighted by Gasteiger charge is -2.18. The van der Waals surface area contributed by atoms with Crippen LogP contribution < -0.4 is 4.90 Å². The smallest absolute Gasteiger partial charge is 0.0527 e. The molecule has 0 heterocycles. The number of hydrogen-bond acceptors (Lipinski definition) is 1. The minimum atomic E-state index is 0.656. The van der Waals surface area contributed by atoms with E-state index in [0.29, 0.717) is 11.6 Å². The van der Waals surface area contributed by atoms with E-state index in [4.69, 9.17) is 11.6 Å². The van der Waals surface area contributed by atoms with E-state index in [1.54, 1.807) is 0 Å². The van der Waals surface area contributed by atoms with E-state index in [1.807, 2.05) is 7.05 Å². The van der Waals surface area contributed by atoms with Crippen LogP contribution in [0.15, 0.2) is 35.9 Å². The van der Waals surface area contributed by atoms with Gasteiger partial charge in [-0.3, -0.25) is 0 Å². The van der Waals surface area contributed by atoms with Crippen LogP contribution in [-0.2, 0) is 0 Å². The molecule has 0 saturated carbocycles. The Morgan fingerprint density at radius 2 is 1.92 bits per heavy atom. The van der Waals surface area contributed by atoms with Crippen molar-refractivity contribution in [3.8, 4) is 0 Å². The molecule has 0 spiro atoms. The van der Waals surface area contributed by atoms with E-state index in [2.05, 4.69) is 42.7 Å². The first kappa shape index (κ1) is 10.1. The standard InChI is InChI=1S/C11H14ClN/c1-9-4-6-11(7-5-9)13(3)8-10(2)12/h4-7H,2,8H2,1,3H3. The zero-order chi connectivity index (χ0) is 9.84. The fourth-order valence-electron chi connectivity index (χ4n) is 1.15. The molecule has 1 nitrogen and oxygen atoms in total. The molecule has 0 unspecified atom stereocenters. The van der Waals surface area contributed by atoms with E-state index in [9.17, 15) is 0 Å². The second-order valence-corrected chi connectivity index (χ2v) is 3.74. The van der Waals surface area contributed by atoms with Crippen molar-refractivity contribution < 1.29 is 0 Å². The lowest BCUT2D eigenvalue weighted by molar-refractivity contribution is 1.02. The third-order valence-corrected chi connectivity index (χ3v) is 2.00. The van der Waals surface area contributed by atoms with Crippen LogP contribution in [0.2, 0.25) is 0 Å². The van der Waals surface area contributed by atoms with Gasteiger partial charge in [-0.1, -0.05) is 35.9 Å². The minimum absolute atomic E-state index is 0.656. The van der Waals surface area contributed by atoms with Crippen LogP contribution in [0.25, 0.3) is 0 Å². The maximum atomic E-state index is 5.72. The number of nitrogens with zero attached hydrogens (tertiary/aromatic N) is 1. The Labute approximate surface area is 84.6 Å². The number of rotatable bonds is 3. The van der Waals surface area contributed by atoms with Crippen LogP contribution in [-0.4, -0.2) is 13.6 Å². The molecule has 0 saturated heterocycles. The summed E-state index contributed by atoms with van der Waals surface area (Å²) in [7, 11) is 2.00. The van der Waals surface area contributed by atoms with Gasteiger partial charge in [-0.15, -0.1) is 0 Å². The average Bonchev–Trinajstić information content (AvgIpc) is 2.04.